The van der Waals surface area contributed by atoms with Gasteiger partial charge in [0.15, 0.2) is 5.78 Å². The van der Waals surface area contributed by atoms with E-state index in [1.54, 1.807) is 6.92 Å². The highest BCUT2D eigenvalue weighted by Gasteiger charge is 2.33. The molecule has 0 aliphatic carbocycles. The van der Waals surface area contributed by atoms with Crippen molar-refractivity contribution in [3.63, 3.8) is 0 Å². The van der Waals surface area contributed by atoms with Crippen molar-refractivity contribution in [2.75, 3.05) is 6.54 Å². The lowest BCUT2D eigenvalue weighted by atomic mass is 9.91. The molecule has 194 valence electrons. The minimum absolute atomic E-state index is 0.0675. The van der Waals surface area contributed by atoms with Gasteiger partial charge in [0.25, 0.3) is 11.7 Å². The van der Waals surface area contributed by atoms with E-state index in [-0.39, 0.29) is 36.5 Å². The van der Waals surface area contributed by atoms with Crippen LogP contribution in [0.15, 0.2) is 42.0 Å². The molecule has 0 spiro atoms. The first-order valence-electron chi connectivity index (χ1n) is 12.5. The molecule has 0 bridgehead atoms. The quantitative estimate of drug-likeness (QED) is 0.169. The summed E-state index contributed by atoms with van der Waals surface area (Å²) in [6.07, 6.45) is 1.55. The van der Waals surface area contributed by atoms with Gasteiger partial charge in [-0.2, -0.15) is 0 Å². The average Bonchev–Trinajstić information content (AvgIpc) is 2.79. The van der Waals surface area contributed by atoms with Crippen molar-refractivity contribution in [1.29, 1.82) is 0 Å². The number of benzene rings is 1. The Kier molecular flexibility index (Phi) is 13.2. The molecule has 0 saturated carbocycles. The molecule has 0 heterocycles. The predicted octanol–water partition coefficient (Wildman–Crippen LogP) is 4.01. The number of carbonyl (C=O) groups excluding carboxylic acids is 4. The summed E-state index contributed by atoms with van der Waals surface area (Å²) >= 11 is 0. The Balaban J connectivity index is 3.16. The van der Waals surface area contributed by atoms with Crippen LogP contribution < -0.4 is 10.6 Å². The molecule has 0 aliphatic heterocycles. The number of rotatable bonds is 15. The SMILES string of the molecule is CCNC(=O)C(=O)C(=CC(C)C)C(=O)[C@H](CC(C)C)NC(=O)[C@H](CC(C)C)OCc1ccccc1. The van der Waals surface area contributed by atoms with E-state index < -0.39 is 35.5 Å². The number of hydrogen-bond donors (Lipinski definition) is 2. The Bertz CT molecular complexity index is 875. The first kappa shape index (κ1) is 30.2. The molecule has 7 nitrogen and oxygen atoms in total. The predicted molar refractivity (Wildman–Crippen MR) is 137 cm³/mol. The van der Waals surface area contributed by atoms with Gasteiger partial charge in [0.05, 0.1) is 18.2 Å². The summed E-state index contributed by atoms with van der Waals surface area (Å²) in [6.45, 7) is 13.7. The van der Waals surface area contributed by atoms with E-state index in [1.807, 2.05) is 71.9 Å². The third kappa shape index (κ3) is 11.0. The molecule has 0 radical (unpaired) electrons. The van der Waals surface area contributed by atoms with Crippen LogP contribution in [-0.4, -0.2) is 42.1 Å². The first-order valence-corrected chi connectivity index (χ1v) is 12.5. The van der Waals surface area contributed by atoms with Crippen molar-refractivity contribution in [2.24, 2.45) is 17.8 Å². The second-order valence-electron chi connectivity index (χ2n) is 9.98. The van der Waals surface area contributed by atoms with E-state index in [0.717, 1.165) is 5.56 Å². The molecule has 0 aliphatic rings. The molecule has 0 fully saturated rings. The van der Waals surface area contributed by atoms with Gasteiger partial charge in [-0.1, -0.05) is 78.0 Å². The zero-order valence-electron chi connectivity index (χ0n) is 22.2. The minimum Gasteiger partial charge on any atom is -0.364 e. The van der Waals surface area contributed by atoms with E-state index in [4.69, 9.17) is 4.74 Å². The van der Waals surface area contributed by atoms with E-state index >= 15 is 0 Å². The number of ketones is 2. The smallest absolute Gasteiger partial charge is 0.292 e. The summed E-state index contributed by atoms with van der Waals surface area (Å²) < 4.78 is 5.96. The summed E-state index contributed by atoms with van der Waals surface area (Å²) in [5.74, 6) is -2.54. The number of likely N-dealkylation sites (N-methyl/N-ethyl adjacent to an activating group) is 1. The van der Waals surface area contributed by atoms with Crippen molar-refractivity contribution in [3.05, 3.63) is 47.5 Å². The van der Waals surface area contributed by atoms with Gasteiger partial charge in [0.1, 0.15) is 6.10 Å². The van der Waals surface area contributed by atoms with Crippen molar-refractivity contribution >= 4 is 23.4 Å². The number of hydrogen-bond acceptors (Lipinski definition) is 5. The number of allylic oxidation sites excluding steroid dienone is 1. The topological polar surface area (TPSA) is 102 Å². The number of nitrogens with one attached hydrogen (secondary N) is 2. The summed E-state index contributed by atoms with van der Waals surface area (Å²) in [5, 5.41) is 5.29. The van der Waals surface area contributed by atoms with Gasteiger partial charge in [-0.05, 0) is 43.1 Å². The fourth-order valence-corrected chi connectivity index (χ4v) is 3.57. The number of amides is 2. The summed E-state index contributed by atoms with van der Waals surface area (Å²) in [5.41, 5.74) is 0.751. The van der Waals surface area contributed by atoms with Crippen LogP contribution in [-0.2, 0) is 30.5 Å². The maximum absolute atomic E-state index is 13.5. The molecule has 35 heavy (non-hydrogen) atoms. The Morgan fingerprint density at radius 1 is 0.914 bits per heavy atom. The lowest BCUT2D eigenvalue weighted by Gasteiger charge is -2.25. The van der Waals surface area contributed by atoms with Gasteiger partial charge < -0.3 is 15.4 Å². The van der Waals surface area contributed by atoms with Crippen LogP contribution in [0.5, 0.6) is 0 Å². The maximum Gasteiger partial charge on any atom is 0.292 e. The van der Waals surface area contributed by atoms with E-state index in [2.05, 4.69) is 10.6 Å². The Morgan fingerprint density at radius 3 is 2.03 bits per heavy atom. The fraction of sp³-hybridized carbons (Fsp3) is 0.571. The molecular formula is C28H42N2O5. The molecule has 2 N–H and O–H groups in total. The van der Waals surface area contributed by atoms with Gasteiger partial charge >= 0.3 is 0 Å². The maximum atomic E-state index is 13.5. The summed E-state index contributed by atoms with van der Waals surface area (Å²) in [6, 6.07) is 8.62. The molecule has 2 amide bonds. The Hall–Kier alpha value is -2.80. The molecule has 1 aromatic carbocycles. The Morgan fingerprint density at radius 2 is 1.51 bits per heavy atom. The molecule has 1 rings (SSSR count). The Labute approximate surface area is 210 Å². The second-order valence-corrected chi connectivity index (χ2v) is 9.98. The van der Waals surface area contributed by atoms with Crippen LogP contribution in [0, 0.1) is 17.8 Å². The largest absolute Gasteiger partial charge is 0.364 e. The number of Topliss-reactive ketones (excluding diaryl/α,β-unsaturated/α-hetero) is 2. The molecule has 7 heteroatoms. The van der Waals surface area contributed by atoms with Gasteiger partial charge in [-0.3, -0.25) is 19.2 Å². The first-order chi connectivity index (χ1) is 16.5. The van der Waals surface area contributed by atoms with Gasteiger partial charge in [-0.15, -0.1) is 0 Å². The van der Waals surface area contributed by atoms with E-state index in [0.29, 0.717) is 12.8 Å². The zero-order chi connectivity index (χ0) is 26.5. The van der Waals surface area contributed by atoms with Crippen LogP contribution >= 0.6 is 0 Å². The van der Waals surface area contributed by atoms with Gasteiger partial charge in [0, 0.05) is 6.54 Å². The normalized spacial score (nSPS) is 13.6. The molecule has 0 unspecified atom stereocenters. The minimum atomic E-state index is -0.944. The van der Waals surface area contributed by atoms with Crippen LogP contribution in [0.4, 0.5) is 0 Å². The number of carbonyl (C=O) groups is 4. The fourth-order valence-electron chi connectivity index (χ4n) is 3.57. The molecule has 0 saturated heterocycles. The summed E-state index contributed by atoms with van der Waals surface area (Å²) in [7, 11) is 0. The van der Waals surface area contributed by atoms with Crippen molar-refractivity contribution < 1.29 is 23.9 Å². The van der Waals surface area contributed by atoms with Crippen LogP contribution in [0.2, 0.25) is 0 Å². The summed E-state index contributed by atoms with van der Waals surface area (Å²) in [4.78, 5) is 51.8. The molecule has 1 aromatic rings. The lowest BCUT2D eigenvalue weighted by molar-refractivity contribution is -0.139. The average molecular weight is 487 g/mol. The third-order valence-electron chi connectivity index (χ3n) is 5.17. The van der Waals surface area contributed by atoms with E-state index in [9.17, 15) is 19.2 Å². The van der Waals surface area contributed by atoms with Crippen molar-refractivity contribution in [3.8, 4) is 0 Å². The highest BCUT2D eigenvalue weighted by atomic mass is 16.5. The van der Waals surface area contributed by atoms with Crippen LogP contribution in [0.1, 0.15) is 66.9 Å². The van der Waals surface area contributed by atoms with Crippen LogP contribution in [0.25, 0.3) is 0 Å². The monoisotopic (exact) mass is 486 g/mol. The lowest BCUT2D eigenvalue weighted by Crippen LogP contribution is -2.49. The zero-order valence-corrected chi connectivity index (χ0v) is 22.2. The third-order valence-corrected chi connectivity index (χ3v) is 5.17. The van der Waals surface area contributed by atoms with Gasteiger partial charge in [-0.25, -0.2) is 0 Å². The molecule has 2 atom stereocenters. The highest BCUT2D eigenvalue weighted by molar-refractivity contribution is 6.49. The number of ether oxygens (including phenoxy) is 1. The van der Waals surface area contributed by atoms with Crippen molar-refractivity contribution in [2.45, 2.75) is 80.1 Å². The highest BCUT2D eigenvalue weighted by Crippen LogP contribution is 2.17. The van der Waals surface area contributed by atoms with Gasteiger partial charge in [0.2, 0.25) is 5.91 Å². The standard InChI is InChI=1S/C28H42N2O5/c1-8-29-28(34)26(32)22(14-18(2)3)25(31)23(15-19(4)5)30-27(33)24(16-20(6)7)35-17-21-12-10-9-11-13-21/h9-14,18-20,23-24H,8,15-17H2,1-7H3,(H,29,34)(H,30,33)/t23-,24-/m0/s1. The van der Waals surface area contributed by atoms with E-state index in [1.165, 1.54) is 6.08 Å². The van der Waals surface area contributed by atoms with Crippen LogP contribution in [0.3, 0.4) is 0 Å². The molecular weight excluding hydrogens is 444 g/mol. The molecule has 0 aromatic heterocycles. The van der Waals surface area contributed by atoms with Crippen molar-refractivity contribution in [1.82, 2.24) is 10.6 Å². The second kappa shape index (κ2) is 15.2.